The average Bonchev–Trinajstić information content (AvgIpc) is 2.24. The first-order valence-corrected chi connectivity index (χ1v) is 4.98. The van der Waals surface area contributed by atoms with Gasteiger partial charge in [-0.15, -0.1) is 0 Å². The Bertz CT molecular complexity index is 415. The largest absolute Gasteiger partial charge is 0.508 e. The zero-order chi connectivity index (χ0) is 11.5. The van der Waals surface area contributed by atoms with Crippen molar-refractivity contribution in [3.05, 3.63) is 29.8 Å². The van der Waals surface area contributed by atoms with Gasteiger partial charge >= 0.3 is 0 Å². The first-order valence-electron chi connectivity index (χ1n) is 4.98. The smallest absolute Gasteiger partial charge is 0.243 e. The van der Waals surface area contributed by atoms with Crippen LogP contribution in [0.4, 0.5) is 0 Å². The number of hydrogen-bond acceptors (Lipinski definition) is 4. The molecule has 2 amide bonds. The Morgan fingerprint density at radius 3 is 2.56 bits per heavy atom. The summed E-state index contributed by atoms with van der Waals surface area (Å²) in [5, 5.41) is 12.0. The summed E-state index contributed by atoms with van der Waals surface area (Å²) in [4.78, 5) is 24.1. The quantitative estimate of drug-likeness (QED) is 0.680. The van der Waals surface area contributed by atoms with Crippen molar-refractivity contribution < 1.29 is 14.7 Å². The fourth-order valence-electron chi connectivity index (χ4n) is 1.62. The Kier molecular flexibility index (Phi) is 2.87. The minimum absolute atomic E-state index is 0.132. The van der Waals surface area contributed by atoms with E-state index >= 15 is 0 Å². The molecule has 1 heterocycles. The molecular weight excluding hydrogens is 208 g/mol. The zero-order valence-corrected chi connectivity index (χ0v) is 8.64. The third kappa shape index (κ3) is 2.20. The first-order chi connectivity index (χ1) is 7.66. The molecule has 1 aliphatic rings. The van der Waals surface area contributed by atoms with Crippen LogP contribution in [0.2, 0.25) is 0 Å². The SMILES string of the molecule is O=C1CNCC(=O)N1Cc1cccc(O)c1. The summed E-state index contributed by atoms with van der Waals surface area (Å²) in [6.45, 7) is 0.586. The predicted molar refractivity (Wildman–Crippen MR) is 56.5 cm³/mol. The lowest BCUT2D eigenvalue weighted by Crippen LogP contribution is -2.51. The van der Waals surface area contributed by atoms with E-state index in [1.54, 1.807) is 24.3 Å². The highest BCUT2D eigenvalue weighted by Crippen LogP contribution is 2.13. The number of aromatic hydroxyl groups is 1. The molecule has 1 saturated heterocycles. The summed E-state index contributed by atoms with van der Waals surface area (Å²) >= 11 is 0. The van der Waals surface area contributed by atoms with Crippen LogP contribution in [0.25, 0.3) is 0 Å². The van der Waals surface area contributed by atoms with E-state index in [-0.39, 0.29) is 37.2 Å². The van der Waals surface area contributed by atoms with Crippen LogP contribution in [0.15, 0.2) is 24.3 Å². The second-order valence-electron chi connectivity index (χ2n) is 3.65. The van der Waals surface area contributed by atoms with Crippen molar-refractivity contribution in [2.24, 2.45) is 0 Å². The van der Waals surface area contributed by atoms with Gasteiger partial charge in [0, 0.05) is 0 Å². The minimum Gasteiger partial charge on any atom is -0.508 e. The van der Waals surface area contributed by atoms with Crippen LogP contribution in [-0.4, -0.2) is 34.9 Å². The molecule has 0 atom stereocenters. The Morgan fingerprint density at radius 2 is 1.94 bits per heavy atom. The van der Waals surface area contributed by atoms with E-state index < -0.39 is 0 Å². The van der Waals surface area contributed by atoms with Gasteiger partial charge in [0.15, 0.2) is 0 Å². The van der Waals surface area contributed by atoms with Crippen LogP contribution in [0.5, 0.6) is 5.75 Å². The van der Waals surface area contributed by atoms with Gasteiger partial charge in [-0.05, 0) is 17.7 Å². The van der Waals surface area contributed by atoms with Crippen LogP contribution >= 0.6 is 0 Å². The maximum atomic E-state index is 11.5. The van der Waals surface area contributed by atoms with E-state index in [9.17, 15) is 14.7 Å². The van der Waals surface area contributed by atoms with Gasteiger partial charge in [-0.25, -0.2) is 0 Å². The molecule has 16 heavy (non-hydrogen) atoms. The summed E-state index contributed by atoms with van der Waals surface area (Å²) in [5.41, 5.74) is 0.739. The van der Waals surface area contributed by atoms with Crippen molar-refractivity contribution in [1.29, 1.82) is 0 Å². The summed E-state index contributed by atoms with van der Waals surface area (Å²) in [7, 11) is 0. The Labute approximate surface area is 92.7 Å². The fraction of sp³-hybridized carbons (Fsp3) is 0.273. The maximum Gasteiger partial charge on any atom is 0.243 e. The maximum absolute atomic E-state index is 11.5. The summed E-state index contributed by atoms with van der Waals surface area (Å²) in [6.07, 6.45) is 0. The van der Waals surface area contributed by atoms with Gasteiger partial charge in [0.2, 0.25) is 11.8 Å². The summed E-state index contributed by atoms with van der Waals surface area (Å²) < 4.78 is 0. The lowest BCUT2D eigenvalue weighted by atomic mass is 10.2. The standard InChI is InChI=1S/C11H12N2O3/c14-9-3-1-2-8(4-9)7-13-10(15)5-12-6-11(13)16/h1-4,12,14H,5-7H2. The minimum atomic E-state index is -0.236. The number of carbonyl (C=O) groups is 2. The Hall–Kier alpha value is -1.88. The second kappa shape index (κ2) is 4.32. The fourth-order valence-corrected chi connectivity index (χ4v) is 1.62. The topological polar surface area (TPSA) is 69.6 Å². The molecule has 0 spiro atoms. The molecule has 0 bridgehead atoms. The van der Waals surface area contributed by atoms with E-state index in [4.69, 9.17) is 0 Å². The lowest BCUT2D eigenvalue weighted by Gasteiger charge is -2.25. The highest BCUT2D eigenvalue weighted by Gasteiger charge is 2.25. The number of phenolic OH excluding ortho intramolecular Hbond substituents is 1. The third-order valence-corrected chi connectivity index (χ3v) is 2.41. The molecule has 1 aromatic rings. The van der Waals surface area contributed by atoms with Crippen LogP contribution in [-0.2, 0) is 16.1 Å². The summed E-state index contributed by atoms with van der Waals surface area (Å²) in [5.74, 6) is -0.341. The van der Waals surface area contributed by atoms with Crippen LogP contribution in [0.3, 0.4) is 0 Å². The van der Waals surface area contributed by atoms with Crippen LogP contribution < -0.4 is 5.32 Å². The van der Waals surface area contributed by atoms with Gasteiger partial charge in [-0.3, -0.25) is 19.8 Å². The molecule has 84 valence electrons. The third-order valence-electron chi connectivity index (χ3n) is 2.41. The highest BCUT2D eigenvalue weighted by atomic mass is 16.3. The number of amides is 2. The van der Waals surface area contributed by atoms with E-state index in [1.807, 2.05) is 0 Å². The number of rotatable bonds is 2. The first kappa shape index (κ1) is 10.6. The van der Waals surface area contributed by atoms with Gasteiger partial charge in [0.05, 0.1) is 19.6 Å². The number of carbonyl (C=O) groups excluding carboxylic acids is 2. The zero-order valence-electron chi connectivity index (χ0n) is 8.64. The van der Waals surface area contributed by atoms with E-state index in [0.717, 1.165) is 5.56 Å². The van der Waals surface area contributed by atoms with Gasteiger partial charge in [-0.1, -0.05) is 12.1 Å². The molecule has 0 unspecified atom stereocenters. The van der Waals surface area contributed by atoms with Gasteiger partial charge in [0.25, 0.3) is 0 Å². The second-order valence-corrected chi connectivity index (χ2v) is 3.65. The van der Waals surface area contributed by atoms with Crippen LogP contribution in [0, 0.1) is 0 Å². The molecule has 0 radical (unpaired) electrons. The highest BCUT2D eigenvalue weighted by molar-refractivity contribution is 5.99. The van der Waals surface area contributed by atoms with Gasteiger partial charge in [0.1, 0.15) is 5.75 Å². The predicted octanol–water partition coefficient (Wildman–Crippen LogP) is -0.149. The number of piperazine rings is 1. The molecule has 0 aliphatic carbocycles. The lowest BCUT2D eigenvalue weighted by molar-refractivity contribution is -0.147. The molecule has 2 rings (SSSR count). The Morgan fingerprint density at radius 1 is 1.25 bits per heavy atom. The Balaban J connectivity index is 2.13. The molecule has 1 aliphatic heterocycles. The number of imide groups is 1. The van der Waals surface area contributed by atoms with E-state index in [0.29, 0.717) is 0 Å². The molecule has 2 N–H and O–H groups in total. The normalized spacial score (nSPS) is 16.6. The molecule has 1 aromatic carbocycles. The van der Waals surface area contributed by atoms with Gasteiger partial charge < -0.3 is 5.11 Å². The number of nitrogens with zero attached hydrogens (tertiary/aromatic N) is 1. The summed E-state index contributed by atoms with van der Waals surface area (Å²) in [6, 6.07) is 6.54. The van der Waals surface area contributed by atoms with Crippen molar-refractivity contribution in [2.75, 3.05) is 13.1 Å². The molecule has 0 saturated carbocycles. The molecule has 5 nitrogen and oxygen atoms in total. The van der Waals surface area contributed by atoms with E-state index in [2.05, 4.69) is 5.32 Å². The van der Waals surface area contributed by atoms with E-state index in [1.165, 1.54) is 4.90 Å². The monoisotopic (exact) mass is 220 g/mol. The molecule has 5 heteroatoms. The number of hydrogen-bond donors (Lipinski definition) is 2. The molecular formula is C11H12N2O3. The number of benzene rings is 1. The van der Waals surface area contributed by atoms with Crippen molar-refractivity contribution in [1.82, 2.24) is 10.2 Å². The van der Waals surface area contributed by atoms with Crippen molar-refractivity contribution in [3.63, 3.8) is 0 Å². The molecule has 0 aromatic heterocycles. The van der Waals surface area contributed by atoms with Crippen molar-refractivity contribution in [3.8, 4) is 5.75 Å². The van der Waals surface area contributed by atoms with Crippen molar-refractivity contribution >= 4 is 11.8 Å². The molecule has 1 fully saturated rings. The van der Waals surface area contributed by atoms with Crippen LogP contribution in [0.1, 0.15) is 5.56 Å². The van der Waals surface area contributed by atoms with Gasteiger partial charge in [-0.2, -0.15) is 0 Å². The number of nitrogens with one attached hydrogen (secondary N) is 1. The average molecular weight is 220 g/mol. The number of phenols is 1. The van der Waals surface area contributed by atoms with Crippen molar-refractivity contribution in [2.45, 2.75) is 6.54 Å².